The van der Waals surface area contributed by atoms with E-state index in [1.165, 1.54) is 0 Å². The summed E-state index contributed by atoms with van der Waals surface area (Å²) in [5.41, 5.74) is 4.66. The molecule has 66 valence electrons. The van der Waals surface area contributed by atoms with Crippen LogP contribution in [-0.4, -0.2) is 16.6 Å². The minimum atomic E-state index is -1.03. The van der Waals surface area contributed by atoms with Gasteiger partial charge in [-0.1, -0.05) is 27.2 Å². The van der Waals surface area contributed by atoms with Crippen LogP contribution < -0.4 is 5.73 Å². The van der Waals surface area contributed by atoms with Crippen molar-refractivity contribution in [2.24, 2.45) is 11.7 Å². The van der Waals surface area contributed by atoms with Gasteiger partial charge in [0, 0.05) is 0 Å². The lowest BCUT2D eigenvalue weighted by molar-refractivity contribution is -0.145. The van der Waals surface area contributed by atoms with Gasteiger partial charge in [-0.15, -0.1) is 0 Å². The minimum Gasteiger partial charge on any atom is -0.480 e. The average molecular weight is 159 g/mol. The lowest BCUT2D eigenvalue weighted by atomic mass is 9.83. The molecule has 0 aromatic carbocycles. The molecule has 0 heterocycles. The molecule has 3 nitrogen and oxygen atoms in total. The second kappa shape index (κ2) is 3.72. The largest absolute Gasteiger partial charge is 0.480 e. The first kappa shape index (κ1) is 10.4. The monoisotopic (exact) mass is 159 g/mol. The van der Waals surface area contributed by atoms with E-state index in [1.54, 1.807) is 0 Å². The lowest BCUT2D eigenvalue weighted by Crippen LogP contribution is -2.52. The summed E-state index contributed by atoms with van der Waals surface area (Å²) in [7, 11) is 0. The summed E-state index contributed by atoms with van der Waals surface area (Å²) in [6.45, 7) is 5.61. The van der Waals surface area contributed by atoms with E-state index in [0.717, 1.165) is 6.42 Å². The molecule has 0 aromatic rings. The molecule has 0 saturated heterocycles. The van der Waals surface area contributed by atoms with E-state index < -0.39 is 11.5 Å². The zero-order chi connectivity index (χ0) is 9.07. The first-order valence-corrected chi connectivity index (χ1v) is 3.97. The summed E-state index contributed by atoms with van der Waals surface area (Å²) < 4.78 is 0. The van der Waals surface area contributed by atoms with Crippen LogP contribution in [0.4, 0.5) is 0 Å². The van der Waals surface area contributed by atoms with Crippen LogP contribution in [0.1, 0.15) is 33.6 Å². The zero-order valence-corrected chi connectivity index (χ0v) is 7.42. The summed E-state index contributed by atoms with van der Waals surface area (Å²) in [6, 6.07) is 0. The van der Waals surface area contributed by atoms with Crippen molar-refractivity contribution in [3.8, 4) is 0 Å². The Morgan fingerprint density at radius 1 is 1.64 bits per heavy atom. The Bertz CT molecular complexity index is 145. The first-order chi connectivity index (χ1) is 4.95. The highest BCUT2D eigenvalue weighted by Gasteiger charge is 2.36. The highest BCUT2D eigenvalue weighted by atomic mass is 16.4. The third-order valence-corrected chi connectivity index (χ3v) is 2.09. The fourth-order valence-corrected chi connectivity index (χ4v) is 1.06. The van der Waals surface area contributed by atoms with Crippen LogP contribution in [0, 0.1) is 5.92 Å². The van der Waals surface area contributed by atoms with Gasteiger partial charge in [0.1, 0.15) is 5.54 Å². The lowest BCUT2D eigenvalue weighted by Gasteiger charge is -2.28. The minimum absolute atomic E-state index is 0.0139. The summed E-state index contributed by atoms with van der Waals surface area (Å²) in [5, 5.41) is 8.81. The van der Waals surface area contributed by atoms with E-state index >= 15 is 0 Å². The number of aliphatic carboxylic acids is 1. The predicted octanol–water partition coefficient (Wildman–Crippen LogP) is 1.22. The number of nitrogens with two attached hydrogens (primary N) is 1. The van der Waals surface area contributed by atoms with Crippen molar-refractivity contribution in [3.05, 3.63) is 0 Å². The van der Waals surface area contributed by atoms with Gasteiger partial charge in [0.05, 0.1) is 0 Å². The Morgan fingerprint density at radius 2 is 2.09 bits per heavy atom. The van der Waals surface area contributed by atoms with Crippen LogP contribution in [0.15, 0.2) is 0 Å². The molecule has 0 radical (unpaired) electrons. The van der Waals surface area contributed by atoms with Crippen LogP contribution in [0.5, 0.6) is 0 Å². The van der Waals surface area contributed by atoms with Gasteiger partial charge in [-0.3, -0.25) is 4.79 Å². The number of carboxylic acids is 1. The molecule has 0 fully saturated rings. The van der Waals surface area contributed by atoms with Crippen LogP contribution in [0.2, 0.25) is 0 Å². The van der Waals surface area contributed by atoms with E-state index in [9.17, 15) is 4.79 Å². The molecule has 0 rings (SSSR count). The molecule has 1 atom stereocenters. The Morgan fingerprint density at radius 3 is 2.18 bits per heavy atom. The molecule has 11 heavy (non-hydrogen) atoms. The highest BCUT2D eigenvalue weighted by molar-refractivity contribution is 5.78. The van der Waals surface area contributed by atoms with Crippen molar-refractivity contribution in [1.29, 1.82) is 0 Å². The van der Waals surface area contributed by atoms with Crippen LogP contribution in [-0.2, 0) is 4.79 Å². The summed E-state index contributed by atoms with van der Waals surface area (Å²) in [4.78, 5) is 10.7. The van der Waals surface area contributed by atoms with Crippen molar-refractivity contribution in [3.63, 3.8) is 0 Å². The average Bonchev–Trinajstić information content (AvgIpc) is 1.87. The number of carboxylic acid groups (broad SMARTS) is 1. The quantitative estimate of drug-likeness (QED) is 0.648. The van der Waals surface area contributed by atoms with E-state index in [4.69, 9.17) is 10.8 Å². The maximum atomic E-state index is 10.7. The normalized spacial score (nSPS) is 16.5. The van der Waals surface area contributed by atoms with Crippen molar-refractivity contribution >= 4 is 5.97 Å². The fourth-order valence-electron chi connectivity index (χ4n) is 1.06. The number of hydrogen-bond donors (Lipinski definition) is 2. The van der Waals surface area contributed by atoms with Crippen molar-refractivity contribution in [2.75, 3.05) is 0 Å². The SMILES string of the molecule is CCC[C@@](N)(C(=O)O)C(C)C. The molecule has 0 aromatic heterocycles. The van der Waals surface area contributed by atoms with E-state index in [1.807, 2.05) is 20.8 Å². The molecule has 0 spiro atoms. The Kier molecular flexibility index (Phi) is 3.52. The Hall–Kier alpha value is -0.570. The van der Waals surface area contributed by atoms with Gasteiger partial charge in [0.2, 0.25) is 0 Å². The zero-order valence-electron chi connectivity index (χ0n) is 7.42. The van der Waals surface area contributed by atoms with Gasteiger partial charge in [-0.05, 0) is 12.3 Å². The van der Waals surface area contributed by atoms with Gasteiger partial charge < -0.3 is 10.8 Å². The molecule has 0 aliphatic rings. The molecular weight excluding hydrogens is 142 g/mol. The first-order valence-electron chi connectivity index (χ1n) is 3.97. The second-order valence-corrected chi connectivity index (χ2v) is 3.25. The van der Waals surface area contributed by atoms with E-state index in [0.29, 0.717) is 6.42 Å². The van der Waals surface area contributed by atoms with Gasteiger partial charge in [0.25, 0.3) is 0 Å². The Balaban J connectivity index is 4.38. The van der Waals surface area contributed by atoms with Gasteiger partial charge in [-0.25, -0.2) is 0 Å². The van der Waals surface area contributed by atoms with Crippen molar-refractivity contribution in [1.82, 2.24) is 0 Å². The fraction of sp³-hybridized carbons (Fsp3) is 0.875. The topological polar surface area (TPSA) is 63.3 Å². The molecular formula is C8H17NO2. The molecule has 0 saturated carbocycles. The number of rotatable bonds is 4. The summed E-state index contributed by atoms with van der Waals surface area (Å²) in [6.07, 6.45) is 1.35. The predicted molar refractivity (Wildman–Crippen MR) is 44.3 cm³/mol. The van der Waals surface area contributed by atoms with Gasteiger partial charge in [0.15, 0.2) is 0 Å². The van der Waals surface area contributed by atoms with Crippen molar-refractivity contribution in [2.45, 2.75) is 39.2 Å². The standard InChI is InChI=1S/C8H17NO2/c1-4-5-8(9,6(2)3)7(10)11/h6H,4-5,9H2,1-3H3,(H,10,11)/t8-/m0/s1. The summed E-state index contributed by atoms with van der Waals surface area (Å²) >= 11 is 0. The maximum absolute atomic E-state index is 10.7. The molecule has 0 aliphatic carbocycles. The highest BCUT2D eigenvalue weighted by Crippen LogP contribution is 2.19. The molecule has 0 bridgehead atoms. The van der Waals surface area contributed by atoms with E-state index in [2.05, 4.69) is 0 Å². The smallest absolute Gasteiger partial charge is 0.323 e. The third kappa shape index (κ3) is 2.19. The van der Waals surface area contributed by atoms with Gasteiger partial charge in [-0.2, -0.15) is 0 Å². The van der Waals surface area contributed by atoms with Crippen LogP contribution >= 0.6 is 0 Å². The molecule has 3 heteroatoms. The van der Waals surface area contributed by atoms with Crippen LogP contribution in [0.3, 0.4) is 0 Å². The molecule has 0 aliphatic heterocycles. The van der Waals surface area contributed by atoms with Crippen molar-refractivity contribution < 1.29 is 9.90 Å². The maximum Gasteiger partial charge on any atom is 0.323 e. The third-order valence-electron chi connectivity index (χ3n) is 2.09. The van der Waals surface area contributed by atoms with E-state index in [-0.39, 0.29) is 5.92 Å². The second-order valence-electron chi connectivity index (χ2n) is 3.25. The molecule has 3 N–H and O–H groups in total. The molecule has 0 amide bonds. The van der Waals surface area contributed by atoms with Gasteiger partial charge >= 0.3 is 5.97 Å². The number of hydrogen-bond acceptors (Lipinski definition) is 2. The molecule has 0 unspecified atom stereocenters. The number of carbonyl (C=O) groups is 1. The Labute approximate surface area is 67.6 Å². The summed E-state index contributed by atoms with van der Waals surface area (Å²) in [5.74, 6) is -0.908. The van der Waals surface area contributed by atoms with Crippen LogP contribution in [0.25, 0.3) is 0 Å².